The molecule has 2 aliphatic carbocycles. The zero-order valence-corrected chi connectivity index (χ0v) is 10.1. The predicted octanol–water partition coefficient (Wildman–Crippen LogP) is 2.14. The van der Waals surface area contributed by atoms with Crippen LogP contribution in [-0.2, 0) is 0 Å². The van der Waals surface area contributed by atoms with Crippen LogP contribution in [0.25, 0.3) is 0 Å². The first-order chi connectivity index (χ1) is 7.30. The van der Waals surface area contributed by atoms with E-state index in [9.17, 15) is 0 Å². The SMILES string of the molecule is CCC(CN)CCNCC1(C2CC2)CC1. The molecule has 88 valence electrons. The summed E-state index contributed by atoms with van der Waals surface area (Å²) in [5.41, 5.74) is 6.45. The highest BCUT2D eigenvalue weighted by atomic mass is 14.9. The maximum atomic E-state index is 5.69. The van der Waals surface area contributed by atoms with E-state index in [1.54, 1.807) is 0 Å². The first-order valence-corrected chi connectivity index (χ1v) is 6.71. The van der Waals surface area contributed by atoms with E-state index in [1.165, 1.54) is 51.6 Å². The topological polar surface area (TPSA) is 38.0 Å². The van der Waals surface area contributed by atoms with Gasteiger partial charge < -0.3 is 11.1 Å². The summed E-state index contributed by atoms with van der Waals surface area (Å²) in [5, 5.41) is 3.65. The molecule has 0 radical (unpaired) electrons. The largest absolute Gasteiger partial charge is 0.330 e. The van der Waals surface area contributed by atoms with Gasteiger partial charge in [-0.25, -0.2) is 0 Å². The molecule has 0 heterocycles. The summed E-state index contributed by atoms with van der Waals surface area (Å²) in [7, 11) is 0. The van der Waals surface area contributed by atoms with E-state index in [0.717, 1.165) is 23.8 Å². The molecule has 2 nitrogen and oxygen atoms in total. The number of nitrogens with two attached hydrogens (primary N) is 1. The van der Waals surface area contributed by atoms with Crippen LogP contribution in [-0.4, -0.2) is 19.6 Å². The quantitative estimate of drug-likeness (QED) is 0.602. The summed E-state index contributed by atoms with van der Waals surface area (Å²) in [6, 6.07) is 0. The first-order valence-electron chi connectivity index (χ1n) is 6.71. The van der Waals surface area contributed by atoms with Gasteiger partial charge in [0.2, 0.25) is 0 Å². The van der Waals surface area contributed by atoms with Crippen LogP contribution in [0, 0.1) is 17.3 Å². The van der Waals surface area contributed by atoms with Crippen LogP contribution >= 0.6 is 0 Å². The zero-order valence-electron chi connectivity index (χ0n) is 10.1. The lowest BCUT2D eigenvalue weighted by Gasteiger charge is -2.17. The molecule has 2 heteroatoms. The fraction of sp³-hybridized carbons (Fsp3) is 1.00. The van der Waals surface area contributed by atoms with Gasteiger partial charge in [0.1, 0.15) is 0 Å². The summed E-state index contributed by atoms with van der Waals surface area (Å²) in [6.45, 7) is 5.54. The Bertz CT molecular complexity index is 191. The molecule has 0 saturated heterocycles. The van der Waals surface area contributed by atoms with Crippen LogP contribution in [0.2, 0.25) is 0 Å². The van der Waals surface area contributed by atoms with Crippen molar-refractivity contribution in [2.24, 2.45) is 23.0 Å². The third-order valence-electron chi connectivity index (χ3n) is 4.45. The summed E-state index contributed by atoms with van der Waals surface area (Å²) in [6.07, 6.45) is 8.46. The maximum Gasteiger partial charge on any atom is 0.00105 e. The van der Waals surface area contributed by atoms with Gasteiger partial charge in [-0.1, -0.05) is 13.3 Å². The minimum atomic E-state index is 0.730. The molecule has 0 spiro atoms. The van der Waals surface area contributed by atoms with Gasteiger partial charge in [0.25, 0.3) is 0 Å². The molecule has 2 fully saturated rings. The Kier molecular flexibility index (Phi) is 3.68. The van der Waals surface area contributed by atoms with Crippen LogP contribution in [0.1, 0.15) is 45.4 Å². The van der Waals surface area contributed by atoms with Gasteiger partial charge in [0.15, 0.2) is 0 Å². The van der Waals surface area contributed by atoms with Gasteiger partial charge in [0.05, 0.1) is 0 Å². The summed E-state index contributed by atoms with van der Waals surface area (Å²) in [4.78, 5) is 0. The molecule has 0 bridgehead atoms. The Morgan fingerprint density at radius 1 is 1.40 bits per heavy atom. The Balaban J connectivity index is 1.55. The summed E-state index contributed by atoms with van der Waals surface area (Å²) in [5.74, 6) is 1.81. The van der Waals surface area contributed by atoms with Crippen LogP contribution in [0.4, 0.5) is 0 Å². The molecule has 15 heavy (non-hydrogen) atoms. The Labute approximate surface area is 94.0 Å². The van der Waals surface area contributed by atoms with E-state index in [4.69, 9.17) is 5.73 Å². The molecule has 2 saturated carbocycles. The normalized spacial score (nSPS) is 25.2. The van der Waals surface area contributed by atoms with Crippen molar-refractivity contribution in [1.29, 1.82) is 0 Å². The van der Waals surface area contributed by atoms with Crippen LogP contribution in [0.5, 0.6) is 0 Å². The van der Waals surface area contributed by atoms with Crippen LogP contribution in [0.15, 0.2) is 0 Å². The molecular formula is C13H26N2. The van der Waals surface area contributed by atoms with E-state index in [-0.39, 0.29) is 0 Å². The molecule has 0 aromatic carbocycles. The van der Waals surface area contributed by atoms with Gasteiger partial charge in [-0.2, -0.15) is 0 Å². The smallest absolute Gasteiger partial charge is 0.00105 e. The number of nitrogens with one attached hydrogen (secondary N) is 1. The molecule has 0 aromatic rings. The van der Waals surface area contributed by atoms with Crippen molar-refractivity contribution in [3.8, 4) is 0 Å². The minimum absolute atomic E-state index is 0.730. The average molecular weight is 210 g/mol. The molecule has 2 aliphatic rings. The molecule has 3 N–H and O–H groups in total. The van der Waals surface area contributed by atoms with Crippen molar-refractivity contribution in [2.75, 3.05) is 19.6 Å². The van der Waals surface area contributed by atoms with E-state index in [2.05, 4.69) is 12.2 Å². The number of hydrogen-bond donors (Lipinski definition) is 2. The van der Waals surface area contributed by atoms with E-state index >= 15 is 0 Å². The number of hydrogen-bond acceptors (Lipinski definition) is 2. The molecule has 0 aromatic heterocycles. The van der Waals surface area contributed by atoms with Gasteiger partial charge in [-0.15, -0.1) is 0 Å². The summed E-state index contributed by atoms with van der Waals surface area (Å²) < 4.78 is 0. The second-order valence-corrected chi connectivity index (χ2v) is 5.61. The standard InChI is InChI=1S/C13H26N2/c1-2-11(9-14)5-8-15-10-13(6-7-13)12-3-4-12/h11-12,15H,2-10,14H2,1H3. The second-order valence-electron chi connectivity index (χ2n) is 5.61. The molecule has 1 unspecified atom stereocenters. The van der Waals surface area contributed by atoms with E-state index in [0.29, 0.717) is 0 Å². The maximum absolute atomic E-state index is 5.69. The molecule has 0 amide bonds. The van der Waals surface area contributed by atoms with E-state index < -0.39 is 0 Å². The first kappa shape index (κ1) is 11.4. The number of rotatable bonds is 8. The molecule has 2 rings (SSSR count). The molecule has 0 aliphatic heterocycles. The molecule has 1 atom stereocenters. The zero-order chi connectivity index (χ0) is 10.7. The Morgan fingerprint density at radius 3 is 2.60 bits per heavy atom. The fourth-order valence-electron chi connectivity index (χ4n) is 2.72. The lowest BCUT2D eigenvalue weighted by Crippen LogP contribution is -2.28. The van der Waals surface area contributed by atoms with Crippen LogP contribution in [0.3, 0.4) is 0 Å². The third-order valence-corrected chi connectivity index (χ3v) is 4.45. The van der Waals surface area contributed by atoms with Gasteiger partial charge >= 0.3 is 0 Å². The Hall–Kier alpha value is -0.0800. The lowest BCUT2D eigenvalue weighted by molar-refractivity contribution is 0.384. The van der Waals surface area contributed by atoms with Crippen molar-refractivity contribution in [3.05, 3.63) is 0 Å². The van der Waals surface area contributed by atoms with E-state index in [1.807, 2.05) is 0 Å². The highest BCUT2D eigenvalue weighted by Crippen LogP contribution is 2.60. The lowest BCUT2D eigenvalue weighted by atomic mass is 10.00. The third kappa shape index (κ3) is 2.94. The van der Waals surface area contributed by atoms with Gasteiger partial charge in [-0.05, 0) is 62.4 Å². The monoisotopic (exact) mass is 210 g/mol. The van der Waals surface area contributed by atoms with Crippen molar-refractivity contribution < 1.29 is 0 Å². The van der Waals surface area contributed by atoms with Gasteiger partial charge in [0, 0.05) is 6.54 Å². The highest BCUT2D eigenvalue weighted by molar-refractivity contribution is 5.04. The summed E-state index contributed by atoms with van der Waals surface area (Å²) >= 11 is 0. The van der Waals surface area contributed by atoms with Crippen LogP contribution < -0.4 is 11.1 Å². The van der Waals surface area contributed by atoms with Crippen molar-refractivity contribution in [2.45, 2.75) is 45.4 Å². The average Bonchev–Trinajstić information content (AvgIpc) is 3.11. The van der Waals surface area contributed by atoms with Crippen molar-refractivity contribution in [1.82, 2.24) is 5.32 Å². The predicted molar refractivity (Wildman–Crippen MR) is 64.7 cm³/mol. The van der Waals surface area contributed by atoms with Crippen molar-refractivity contribution >= 4 is 0 Å². The highest BCUT2D eigenvalue weighted by Gasteiger charge is 2.52. The van der Waals surface area contributed by atoms with Gasteiger partial charge in [-0.3, -0.25) is 0 Å². The van der Waals surface area contributed by atoms with Crippen molar-refractivity contribution in [3.63, 3.8) is 0 Å². The Morgan fingerprint density at radius 2 is 2.13 bits per heavy atom. The second kappa shape index (κ2) is 4.84. The fourth-order valence-corrected chi connectivity index (χ4v) is 2.72. The molecular weight excluding hydrogens is 184 g/mol. The minimum Gasteiger partial charge on any atom is -0.330 e.